The van der Waals surface area contributed by atoms with Crippen molar-refractivity contribution in [3.8, 4) is 0 Å². The van der Waals surface area contributed by atoms with E-state index >= 15 is 0 Å². The van der Waals surface area contributed by atoms with Gasteiger partial charge in [-0.05, 0) is 17.7 Å². The fraction of sp³-hybridized carbons (Fsp3) is 0.143. The molecular weight excluding hydrogens is 424 g/mol. The Hall–Kier alpha value is -3.66. The van der Waals surface area contributed by atoms with Gasteiger partial charge in [0.1, 0.15) is 29.2 Å². The molecule has 0 radical (unpaired) electrons. The van der Waals surface area contributed by atoms with Crippen LogP contribution in [-0.2, 0) is 17.9 Å². The SMILES string of the molecule is CN(Cc1ccccc1)c1nc2ncn(CC(=O)Nc3ccc(F)cc3F)c(=O)c2s1. The van der Waals surface area contributed by atoms with Gasteiger partial charge >= 0.3 is 0 Å². The molecule has 4 aromatic rings. The van der Waals surface area contributed by atoms with E-state index in [2.05, 4.69) is 15.3 Å². The van der Waals surface area contributed by atoms with Gasteiger partial charge in [-0.15, -0.1) is 0 Å². The maximum absolute atomic E-state index is 13.7. The molecule has 158 valence electrons. The van der Waals surface area contributed by atoms with Crippen molar-refractivity contribution in [2.75, 3.05) is 17.3 Å². The van der Waals surface area contributed by atoms with Gasteiger partial charge in [-0.2, -0.15) is 4.98 Å². The monoisotopic (exact) mass is 441 g/mol. The van der Waals surface area contributed by atoms with Gasteiger partial charge in [0, 0.05) is 19.7 Å². The number of nitrogens with one attached hydrogen (secondary N) is 1. The minimum Gasteiger partial charge on any atom is -0.347 e. The highest BCUT2D eigenvalue weighted by Crippen LogP contribution is 2.25. The molecule has 0 spiro atoms. The van der Waals surface area contributed by atoms with Crippen LogP contribution < -0.4 is 15.8 Å². The molecule has 2 aromatic carbocycles. The zero-order valence-electron chi connectivity index (χ0n) is 16.4. The first-order chi connectivity index (χ1) is 14.9. The highest BCUT2D eigenvalue weighted by atomic mass is 32.1. The molecule has 0 aliphatic rings. The number of benzene rings is 2. The highest BCUT2D eigenvalue weighted by molar-refractivity contribution is 7.22. The Morgan fingerprint density at radius 2 is 1.97 bits per heavy atom. The minimum absolute atomic E-state index is 0.170. The fourth-order valence-electron chi connectivity index (χ4n) is 2.97. The van der Waals surface area contributed by atoms with Gasteiger partial charge in [-0.3, -0.25) is 14.2 Å². The number of fused-ring (bicyclic) bond motifs is 1. The number of amides is 1. The predicted octanol–water partition coefficient (Wildman–Crippen LogP) is 3.41. The molecule has 0 saturated heterocycles. The average molecular weight is 441 g/mol. The second kappa shape index (κ2) is 8.60. The molecule has 0 fully saturated rings. The number of aromatic nitrogens is 3. The largest absolute Gasteiger partial charge is 0.347 e. The maximum atomic E-state index is 13.7. The van der Waals surface area contributed by atoms with E-state index in [-0.39, 0.29) is 12.2 Å². The molecule has 2 heterocycles. The molecular formula is C21H17F2N5O2S. The number of rotatable bonds is 6. The van der Waals surface area contributed by atoms with E-state index in [1.54, 1.807) is 0 Å². The number of thiazole rings is 1. The Kier molecular flexibility index (Phi) is 5.72. The molecule has 0 saturated carbocycles. The number of hydrogen-bond acceptors (Lipinski definition) is 6. The number of carbonyl (C=O) groups excluding carboxylic acids is 1. The van der Waals surface area contributed by atoms with Crippen LogP contribution >= 0.6 is 11.3 Å². The number of carbonyl (C=O) groups is 1. The van der Waals surface area contributed by atoms with E-state index in [1.165, 1.54) is 17.7 Å². The van der Waals surface area contributed by atoms with Crippen molar-refractivity contribution < 1.29 is 13.6 Å². The first kappa shape index (κ1) is 20.6. The molecule has 0 aliphatic heterocycles. The summed E-state index contributed by atoms with van der Waals surface area (Å²) in [6, 6.07) is 12.6. The molecule has 4 rings (SSSR count). The normalized spacial score (nSPS) is 10.9. The van der Waals surface area contributed by atoms with E-state index < -0.39 is 23.1 Å². The predicted molar refractivity (Wildman–Crippen MR) is 115 cm³/mol. The summed E-state index contributed by atoms with van der Waals surface area (Å²) in [6.45, 7) is 0.242. The molecule has 1 N–H and O–H groups in total. The van der Waals surface area contributed by atoms with Gasteiger partial charge in [0.25, 0.3) is 5.56 Å². The van der Waals surface area contributed by atoms with Crippen LogP contribution in [0, 0.1) is 11.6 Å². The van der Waals surface area contributed by atoms with Crippen molar-refractivity contribution in [3.63, 3.8) is 0 Å². The average Bonchev–Trinajstić information content (AvgIpc) is 3.18. The van der Waals surface area contributed by atoms with Gasteiger partial charge in [-0.25, -0.2) is 13.8 Å². The molecule has 31 heavy (non-hydrogen) atoms. The van der Waals surface area contributed by atoms with Crippen LogP contribution in [0.4, 0.5) is 19.6 Å². The lowest BCUT2D eigenvalue weighted by atomic mass is 10.2. The first-order valence-corrected chi connectivity index (χ1v) is 10.1. The van der Waals surface area contributed by atoms with Gasteiger partial charge in [0.2, 0.25) is 5.91 Å². The third-order valence-electron chi connectivity index (χ3n) is 4.48. The lowest BCUT2D eigenvalue weighted by Crippen LogP contribution is -2.27. The molecule has 0 unspecified atom stereocenters. The summed E-state index contributed by atoms with van der Waals surface area (Å²) in [4.78, 5) is 35.5. The number of nitrogens with zero attached hydrogens (tertiary/aromatic N) is 4. The lowest BCUT2D eigenvalue weighted by Gasteiger charge is -2.15. The van der Waals surface area contributed by atoms with Crippen molar-refractivity contribution in [3.05, 3.63) is 82.4 Å². The van der Waals surface area contributed by atoms with E-state index in [4.69, 9.17) is 0 Å². The third-order valence-corrected chi connectivity index (χ3v) is 5.63. The summed E-state index contributed by atoms with van der Waals surface area (Å²) in [5.74, 6) is -2.29. The Morgan fingerprint density at radius 1 is 1.19 bits per heavy atom. The Balaban J connectivity index is 1.52. The van der Waals surface area contributed by atoms with Crippen molar-refractivity contribution in [2.24, 2.45) is 0 Å². The maximum Gasteiger partial charge on any atom is 0.273 e. The van der Waals surface area contributed by atoms with Crippen molar-refractivity contribution >= 4 is 38.4 Å². The smallest absolute Gasteiger partial charge is 0.273 e. The number of hydrogen-bond donors (Lipinski definition) is 1. The van der Waals surface area contributed by atoms with Gasteiger partial charge in [-0.1, -0.05) is 41.7 Å². The second-order valence-electron chi connectivity index (χ2n) is 6.84. The second-order valence-corrected chi connectivity index (χ2v) is 7.82. The summed E-state index contributed by atoms with van der Waals surface area (Å²) in [7, 11) is 1.87. The van der Waals surface area contributed by atoms with Crippen LogP contribution in [0.25, 0.3) is 10.3 Å². The van der Waals surface area contributed by atoms with Crippen molar-refractivity contribution in [2.45, 2.75) is 13.1 Å². The molecule has 0 aliphatic carbocycles. The van der Waals surface area contributed by atoms with E-state index in [0.717, 1.165) is 22.3 Å². The standard InChI is InChI=1S/C21H17F2N5O2S/c1-27(10-13-5-3-2-4-6-13)21-26-19-18(31-21)20(30)28(12-24-19)11-17(29)25-16-8-7-14(22)9-15(16)23/h2-9,12H,10-11H2,1H3,(H,25,29). The zero-order valence-corrected chi connectivity index (χ0v) is 17.2. The molecule has 1 amide bonds. The number of halogens is 2. The van der Waals surface area contributed by atoms with E-state index in [0.29, 0.717) is 28.1 Å². The quantitative estimate of drug-likeness (QED) is 0.496. The van der Waals surface area contributed by atoms with E-state index in [9.17, 15) is 18.4 Å². The van der Waals surface area contributed by atoms with Crippen LogP contribution in [0.1, 0.15) is 5.56 Å². The van der Waals surface area contributed by atoms with Crippen molar-refractivity contribution in [1.82, 2.24) is 14.5 Å². The van der Waals surface area contributed by atoms with Gasteiger partial charge in [0.15, 0.2) is 10.8 Å². The van der Waals surface area contributed by atoms with Crippen molar-refractivity contribution in [1.29, 1.82) is 0 Å². The van der Waals surface area contributed by atoms with Crippen LogP contribution in [0.5, 0.6) is 0 Å². The molecule has 7 nitrogen and oxygen atoms in total. The van der Waals surface area contributed by atoms with Crippen LogP contribution in [0.2, 0.25) is 0 Å². The van der Waals surface area contributed by atoms with E-state index in [1.807, 2.05) is 42.3 Å². The van der Waals surface area contributed by atoms with Crippen LogP contribution in [0.3, 0.4) is 0 Å². The minimum atomic E-state index is -0.900. The fourth-order valence-corrected chi connectivity index (χ4v) is 3.90. The molecule has 2 aromatic heterocycles. The first-order valence-electron chi connectivity index (χ1n) is 9.26. The summed E-state index contributed by atoms with van der Waals surface area (Å²) in [6.07, 6.45) is 1.23. The summed E-state index contributed by atoms with van der Waals surface area (Å²) in [5.41, 5.74) is 0.804. The highest BCUT2D eigenvalue weighted by Gasteiger charge is 2.16. The molecule has 0 bridgehead atoms. The summed E-state index contributed by atoms with van der Waals surface area (Å²) in [5, 5.41) is 2.95. The Morgan fingerprint density at radius 3 is 2.71 bits per heavy atom. The number of anilines is 2. The summed E-state index contributed by atoms with van der Waals surface area (Å²) >= 11 is 1.19. The van der Waals surface area contributed by atoms with Gasteiger partial charge in [0.05, 0.1) is 5.69 Å². The molecule has 0 atom stereocenters. The Bertz CT molecular complexity index is 1310. The third kappa shape index (κ3) is 4.58. The topological polar surface area (TPSA) is 80.1 Å². The Labute approximate surface area is 179 Å². The van der Waals surface area contributed by atoms with Gasteiger partial charge < -0.3 is 10.2 Å². The zero-order chi connectivity index (χ0) is 22.0. The summed E-state index contributed by atoms with van der Waals surface area (Å²) < 4.78 is 28.2. The lowest BCUT2D eigenvalue weighted by molar-refractivity contribution is -0.116. The molecule has 10 heteroatoms. The van der Waals surface area contributed by atoms with Crippen LogP contribution in [0.15, 0.2) is 59.7 Å². The van der Waals surface area contributed by atoms with Crippen LogP contribution in [-0.4, -0.2) is 27.5 Å².